The summed E-state index contributed by atoms with van der Waals surface area (Å²) in [7, 11) is 0. The second-order valence-corrected chi connectivity index (χ2v) is 7.79. The minimum atomic E-state index is -0.467. The molecule has 31 heavy (non-hydrogen) atoms. The number of hydrogen-bond acceptors (Lipinski definition) is 7. The fourth-order valence-corrected chi connectivity index (χ4v) is 3.40. The van der Waals surface area contributed by atoms with E-state index < -0.39 is 4.92 Å². The van der Waals surface area contributed by atoms with Crippen LogP contribution >= 0.6 is 22.6 Å². The maximum Gasteiger partial charge on any atom is 0.354 e. The quantitative estimate of drug-likeness (QED) is 0.195. The van der Waals surface area contributed by atoms with Crippen LogP contribution in [0.3, 0.4) is 0 Å². The maximum atomic E-state index is 12.1. The Morgan fingerprint density at radius 1 is 0.935 bits per heavy atom. The number of nitro groups is 1. The SMILES string of the molecule is O=[N+]([O-])c1c(Nc2ccc(I)cc2)ncnc1N(Cc1ccccc1)c1ccccn1. The number of rotatable bonds is 7. The highest BCUT2D eigenvalue weighted by molar-refractivity contribution is 14.1. The lowest BCUT2D eigenvalue weighted by Gasteiger charge is -2.23. The van der Waals surface area contributed by atoms with Crippen LogP contribution in [0.25, 0.3) is 0 Å². The van der Waals surface area contributed by atoms with Crippen molar-refractivity contribution < 1.29 is 4.92 Å². The number of aromatic nitrogens is 3. The van der Waals surface area contributed by atoms with E-state index in [0.29, 0.717) is 18.1 Å². The van der Waals surface area contributed by atoms with Gasteiger partial charge in [0.05, 0.1) is 11.5 Å². The monoisotopic (exact) mass is 524 g/mol. The van der Waals surface area contributed by atoms with E-state index >= 15 is 0 Å². The van der Waals surface area contributed by atoms with Gasteiger partial charge in [-0.3, -0.25) is 10.1 Å². The number of nitrogens with zero attached hydrogens (tertiary/aromatic N) is 5. The van der Waals surface area contributed by atoms with Crippen LogP contribution in [0.2, 0.25) is 0 Å². The molecule has 9 heteroatoms. The first-order valence-corrected chi connectivity index (χ1v) is 10.4. The highest BCUT2D eigenvalue weighted by atomic mass is 127. The molecule has 0 amide bonds. The number of pyridine rings is 1. The molecule has 0 bridgehead atoms. The Morgan fingerprint density at radius 3 is 2.35 bits per heavy atom. The second kappa shape index (κ2) is 9.47. The molecule has 1 N–H and O–H groups in total. The van der Waals surface area contributed by atoms with E-state index in [2.05, 4.69) is 42.9 Å². The molecule has 0 saturated carbocycles. The van der Waals surface area contributed by atoms with Gasteiger partial charge in [-0.1, -0.05) is 36.4 Å². The summed E-state index contributed by atoms with van der Waals surface area (Å²) in [6.07, 6.45) is 2.96. The summed E-state index contributed by atoms with van der Waals surface area (Å²) in [5.74, 6) is 0.828. The Hall–Kier alpha value is -3.60. The topological polar surface area (TPSA) is 97.1 Å². The summed E-state index contributed by atoms with van der Waals surface area (Å²) >= 11 is 2.20. The molecule has 2 heterocycles. The first kappa shape index (κ1) is 20.7. The van der Waals surface area contributed by atoms with Crippen molar-refractivity contribution in [3.05, 3.63) is 105 Å². The molecule has 0 aliphatic carbocycles. The van der Waals surface area contributed by atoms with Gasteiger partial charge >= 0.3 is 5.69 Å². The Labute approximate surface area is 192 Å². The molecule has 2 aromatic carbocycles. The van der Waals surface area contributed by atoms with Crippen molar-refractivity contribution in [2.75, 3.05) is 10.2 Å². The number of hydrogen-bond donors (Lipinski definition) is 1. The summed E-state index contributed by atoms with van der Waals surface area (Å²) in [5, 5.41) is 15.2. The molecule has 0 radical (unpaired) electrons. The standard InChI is InChI=1S/C22H17IN6O2/c23-17-9-11-18(12-10-17)27-21-20(29(30)31)22(26-15-25-21)28(19-8-4-5-13-24-19)14-16-6-2-1-3-7-16/h1-13,15H,14H2,(H,25,26,27). The predicted octanol–water partition coefficient (Wildman–Crippen LogP) is 5.47. The van der Waals surface area contributed by atoms with E-state index in [1.54, 1.807) is 23.2 Å². The van der Waals surface area contributed by atoms with Crippen molar-refractivity contribution in [1.29, 1.82) is 0 Å². The molecule has 0 atom stereocenters. The van der Waals surface area contributed by atoms with Crippen LogP contribution < -0.4 is 10.2 Å². The number of halogens is 1. The predicted molar refractivity (Wildman–Crippen MR) is 128 cm³/mol. The van der Waals surface area contributed by atoms with Gasteiger partial charge in [0, 0.05) is 15.5 Å². The van der Waals surface area contributed by atoms with Gasteiger partial charge in [0.1, 0.15) is 12.1 Å². The average Bonchev–Trinajstić information content (AvgIpc) is 2.80. The van der Waals surface area contributed by atoms with E-state index in [1.807, 2.05) is 60.7 Å². The zero-order valence-electron chi connectivity index (χ0n) is 16.2. The lowest BCUT2D eigenvalue weighted by Crippen LogP contribution is -2.21. The van der Waals surface area contributed by atoms with Gasteiger partial charge in [0.15, 0.2) is 0 Å². The molecule has 154 valence electrons. The van der Waals surface area contributed by atoms with Crippen LogP contribution in [0.5, 0.6) is 0 Å². The van der Waals surface area contributed by atoms with Crippen LogP contribution in [0.15, 0.2) is 85.3 Å². The van der Waals surface area contributed by atoms with Gasteiger partial charge in [-0.25, -0.2) is 15.0 Å². The fraction of sp³-hybridized carbons (Fsp3) is 0.0455. The fourth-order valence-electron chi connectivity index (χ4n) is 3.04. The zero-order chi connectivity index (χ0) is 21.6. The van der Waals surface area contributed by atoms with Gasteiger partial charge in [0.2, 0.25) is 11.6 Å². The lowest BCUT2D eigenvalue weighted by atomic mass is 10.2. The molecular formula is C22H17IN6O2. The smallest absolute Gasteiger partial charge is 0.334 e. The summed E-state index contributed by atoms with van der Waals surface area (Å²) in [6, 6.07) is 22.6. The second-order valence-electron chi connectivity index (χ2n) is 6.54. The van der Waals surface area contributed by atoms with Crippen molar-refractivity contribution in [3.8, 4) is 0 Å². The largest absolute Gasteiger partial charge is 0.354 e. The Bertz CT molecular complexity index is 1170. The summed E-state index contributed by atoms with van der Waals surface area (Å²) in [5.41, 5.74) is 1.44. The molecule has 8 nitrogen and oxygen atoms in total. The molecule has 0 fully saturated rings. The summed E-state index contributed by atoms with van der Waals surface area (Å²) in [6.45, 7) is 0.360. The molecule has 0 unspecified atom stereocenters. The first-order chi connectivity index (χ1) is 15.1. The third-order valence-electron chi connectivity index (χ3n) is 4.46. The van der Waals surface area contributed by atoms with Gasteiger partial charge in [-0.05, 0) is 64.6 Å². The maximum absolute atomic E-state index is 12.1. The van der Waals surface area contributed by atoms with Crippen LogP contribution in [-0.4, -0.2) is 19.9 Å². The van der Waals surface area contributed by atoms with Crippen LogP contribution in [0.1, 0.15) is 5.56 Å². The minimum Gasteiger partial charge on any atom is -0.334 e. The zero-order valence-corrected chi connectivity index (χ0v) is 18.4. The highest BCUT2D eigenvalue weighted by Gasteiger charge is 2.28. The van der Waals surface area contributed by atoms with Gasteiger partial charge < -0.3 is 10.2 Å². The van der Waals surface area contributed by atoms with Crippen molar-refractivity contribution in [2.24, 2.45) is 0 Å². The molecule has 4 rings (SSSR count). The Balaban J connectivity index is 1.80. The van der Waals surface area contributed by atoms with Crippen molar-refractivity contribution >= 4 is 51.4 Å². The Kier molecular flexibility index (Phi) is 6.32. The molecule has 0 aliphatic heterocycles. The normalized spacial score (nSPS) is 10.5. The van der Waals surface area contributed by atoms with Crippen molar-refractivity contribution in [1.82, 2.24) is 15.0 Å². The molecule has 4 aromatic rings. The van der Waals surface area contributed by atoms with Crippen molar-refractivity contribution in [3.63, 3.8) is 0 Å². The summed E-state index contributed by atoms with van der Waals surface area (Å²) < 4.78 is 1.06. The van der Waals surface area contributed by atoms with Gasteiger partial charge in [-0.2, -0.15) is 0 Å². The van der Waals surface area contributed by atoms with Crippen molar-refractivity contribution in [2.45, 2.75) is 6.54 Å². The van der Waals surface area contributed by atoms with Crippen LogP contribution in [0, 0.1) is 13.7 Å². The first-order valence-electron chi connectivity index (χ1n) is 9.36. The molecule has 0 aliphatic rings. The number of benzene rings is 2. The average molecular weight is 524 g/mol. The number of anilines is 4. The molecule has 0 spiro atoms. The van der Waals surface area contributed by atoms with E-state index in [9.17, 15) is 10.1 Å². The van der Waals surface area contributed by atoms with E-state index in [0.717, 1.165) is 9.13 Å². The third kappa shape index (κ3) is 4.94. The lowest BCUT2D eigenvalue weighted by molar-refractivity contribution is -0.383. The van der Waals surface area contributed by atoms with E-state index in [4.69, 9.17) is 0 Å². The third-order valence-corrected chi connectivity index (χ3v) is 5.18. The van der Waals surface area contributed by atoms with Crippen LogP contribution in [-0.2, 0) is 6.54 Å². The Morgan fingerprint density at radius 2 is 1.68 bits per heavy atom. The van der Waals surface area contributed by atoms with Gasteiger partial charge in [-0.15, -0.1) is 0 Å². The van der Waals surface area contributed by atoms with Crippen LogP contribution in [0.4, 0.5) is 28.8 Å². The molecule has 2 aromatic heterocycles. The van der Waals surface area contributed by atoms with Gasteiger partial charge in [0.25, 0.3) is 0 Å². The highest BCUT2D eigenvalue weighted by Crippen LogP contribution is 2.37. The minimum absolute atomic E-state index is 0.116. The molecular weight excluding hydrogens is 507 g/mol. The number of nitrogens with one attached hydrogen (secondary N) is 1. The van der Waals surface area contributed by atoms with E-state index in [1.165, 1.54) is 6.33 Å². The molecule has 0 saturated heterocycles. The summed E-state index contributed by atoms with van der Waals surface area (Å²) in [4.78, 5) is 26.2. The van der Waals surface area contributed by atoms with E-state index in [-0.39, 0.29) is 17.3 Å².